The summed E-state index contributed by atoms with van der Waals surface area (Å²) in [5, 5.41) is 4.75. The molecule has 5 aromatic rings. The predicted molar refractivity (Wildman–Crippen MR) is 123 cm³/mol. The van der Waals surface area contributed by atoms with E-state index < -0.39 is 0 Å². The highest BCUT2D eigenvalue weighted by molar-refractivity contribution is 7.22. The first kappa shape index (κ1) is 18.5. The molecule has 1 amide bonds. The quantitative estimate of drug-likeness (QED) is 0.423. The summed E-state index contributed by atoms with van der Waals surface area (Å²) in [6.45, 7) is 4.16. The lowest BCUT2D eigenvalue weighted by Crippen LogP contribution is -2.21. The molecule has 0 bridgehead atoms. The molecule has 6 heteroatoms. The van der Waals surface area contributed by atoms with Gasteiger partial charge >= 0.3 is 0 Å². The van der Waals surface area contributed by atoms with Gasteiger partial charge in [0.2, 0.25) is 5.91 Å². The topological polar surface area (TPSA) is 64.0 Å². The molecule has 0 saturated carbocycles. The molecule has 1 N–H and O–H groups in total. The van der Waals surface area contributed by atoms with Crippen LogP contribution in [0.2, 0.25) is 0 Å². The lowest BCUT2D eigenvalue weighted by molar-refractivity contribution is -0.116. The molecule has 0 atom stereocenters. The minimum absolute atomic E-state index is 0.0185. The van der Waals surface area contributed by atoms with Crippen LogP contribution in [0.5, 0.6) is 0 Å². The summed E-state index contributed by atoms with van der Waals surface area (Å²) in [5.74, 6) is -0.177. The van der Waals surface area contributed by atoms with Crippen LogP contribution < -0.4 is 10.7 Å². The van der Waals surface area contributed by atoms with Crippen LogP contribution in [-0.4, -0.2) is 15.5 Å². The van der Waals surface area contributed by atoms with Crippen molar-refractivity contribution in [2.75, 3.05) is 5.32 Å². The molecule has 2 heterocycles. The van der Waals surface area contributed by atoms with E-state index in [1.54, 1.807) is 12.1 Å². The van der Waals surface area contributed by atoms with Crippen LogP contribution in [0, 0.1) is 13.8 Å². The number of carbonyl (C=O) groups is 1. The summed E-state index contributed by atoms with van der Waals surface area (Å²) < 4.78 is 2.98. The van der Waals surface area contributed by atoms with Gasteiger partial charge in [-0.1, -0.05) is 47.7 Å². The molecule has 3 aromatic carbocycles. The molecule has 5 rings (SSSR count). The normalized spacial score (nSPS) is 11.4. The summed E-state index contributed by atoms with van der Waals surface area (Å²) in [5.41, 5.74) is 4.62. The van der Waals surface area contributed by atoms with E-state index in [9.17, 15) is 9.59 Å². The molecule has 0 radical (unpaired) electrons. The van der Waals surface area contributed by atoms with Crippen molar-refractivity contribution in [1.82, 2.24) is 9.55 Å². The second-order valence-corrected chi connectivity index (χ2v) is 8.39. The van der Waals surface area contributed by atoms with Crippen LogP contribution in [0.4, 0.5) is 5.13 Å². The number of pyridine rings is 1. The number of aryl methyl sites for hydroxylation is 2. The van der Waals surface area contributed by atoms with E-state index in [1.165, 1.54) is 11.3 Å². The van der Waals surface area contributed by atoms with Gasteiger partial charge in [0.15, 0.2) is 10.6 Å². The number of para-hydroxylation sites is 2. The Balaban J connectivity index is 1.56. The predicted octanol–water partition coefficient (Wildman–Crippen LogP) is 5.02. The van der Waals surface area contributed by atoms with Gasteiger partial charge in [-0.15, -0.1) is 0 Å². The molecule has 0 unspecified atom stereocenters. The number of aromatic nitrogens is 2. The third kappa shape index (κ3) is 2.97. The van der Waals surface area contributed by atoms with Gasteiger partial charge in [0.05, 0.1) is 21.3 Å². The number of thiazole rings is 1. The largest absolute Gasteiger partial charge is 0.331 e. The lowest BCUT2D eigenvalue weighted by atomic mass is 10.1. The Morgan fingerprint density at radius 2 is 1.53 bits per heavy atom. The number of amides is 1. The van der Waals surface area contributed by atoms with Crippen LogP contribution in [0.3, 0.4) is 0 Å². The molecule has 148 valence electrons. The molecule has 0 spiro atoms. The van der Waals surface area contributed by atoms with Gasteiger partial charge in [0, 0.05) is 10.8 Å². The summed E-state index contributed by atoms with van der Waals surface area (Å²) >= 11 is 1.48. The maximum absolute atomic E-state index is 13.0. The third-order valence-corrected chi connectivity index (χ3v) is 6.48. The highest BCUT2D eigenvalue weighted by Crippen LogP contribution is 2.31. The Morgan fingerprint density at radius 3 is 2.17 bits per heavy atom. The Morgan fingerprint density at radius 1 is 0.933 bits per heavy atom. The fraction of sp³-hybridized carbons (Fsp3) is 0.125. The number of rotatable bonds is 3. The van der Waals surface area contributed by atoms with Gasteiger partial charge in [-0.25, -0.2) is 4.98 Å². The Labute approximate surface area is 176 Å². The average molecular weight is 414 g/mol. The number of nitrogens with zero attached hydrogens (tertiary/aromatic N) is 2. The molecule has 0 aliphatic heterocycles. The molecule has 0 aliphatic carbocycles. The van der Waals surface area contributed by atoms with Gasteiger partial charge in [-0.2, -0.15) is 0 Å². The van der Waals surface area contributed by atoms with E-state index in [4.69, 9.17) is 0 Å². The maximum atomic E-state index is 13.0. The Hall–Kier alpha value is -3.51. The first-order valence-electron chi connectivity index (χ1n) is 9.70. The van der Waals surface area contributed by atoms with Crippen molar-refractivity contribution >= 4 is 54.4 Å². The summed E-state index contributed by atoms with van der Waals surface area (Å²) in [7, 11) is 0. The highest BCUT2D eigenvalue weighted by atomic mass is 32.1. The van der Waals surface area contributed by atoms with Gasteiger partial charge in [0.1, 0.15) is 6.54 Å². The van der Waals surface area contributed by atoms with Crippen molar-refractivity contribution in [2.24, 2.45) is 0 Å². The van der Waals surface area contributed by atoms with Crippen molar-refractivity contribution in [3.05, 3.63) is 82.0 Å². The first-order valence-corrected chi connectivity index (χ1v) is 10.5. The Bertz CT molecular complexity index is 1420. The van der Waals surface area contributed by atoms with Gasteiger partial charge in [-0.05, 0) is 49.2 Å². The van der Waals surface area contributed by atoms with Crippen LogP contribution in [-0.2, 0) is 11.3 Å². The van der Waals surface area contributed by atoms with E-state index in [0.29, 0.717) is 15.9 Å². The van der Waals surface area contributed by atoms with Gasteiger partial charge in [-0.3, -0.25) is 9.59 Å². The Kier molecular flexibility index (Phi) is 4.37. The summed E-state index contributed by atoms with van der Waals surface area (Å²) in [6.07, 6.45) is 0. The second kappa shape index (κ2) is 7.07. The number of anilines is 1. The second-order valence-electron chi connectivity index (χ2n) is 7.39. The van der Waals surface area contributed by atoms with Crippen molar-refractivity contribution in [3.63, 3.8) is 0 Å². The number of fused-ring (bicyclic) bond motifs is 3. The van der Waals surface area contributed by atoms with Gasteiger partial charge < -0.3 is 9.88 Å². The highest BCUT2D eigenvalue weighted by Gasteiger charge is 2.15. The minimum atomic E-state index is -0.177. The van der Waals surface area contributed by atoms with Gasteiger partial charge in [0.25, 0.3) is 0 Å². The third-order valence-electron chi connectivity index (χ3n) is 5.37. The molecule has 2 aromatic heterocycles. The maximum Gasteiger partial charge on any atom is 0.246 e. The van der Waals surface area contributed by atoms with Crippen molar-refractivity contribution < 1.29 is 4.79 Å². The monoisotopic (exact) mass is 413 g/mol. The summed E-state index contributed by atoms with van der Waals surface area (Å²) in [4.78, 5) is 30.4. The molecule has 0 saturated heterocycles. The zero-order valence-corrected chi connectivity index (χ0v) is 17.4. The molecular formula is C24H19N3O2S. The van der Waals surface area contributed by atoms with Crippen molar-refractivity contribution in [3.8, 4) is 0 Å². The molecular weight excluding hydrogens is 394 g/mol. The van der Waals surface area contributed by atoms with Crippen molar-refractivity contribution in [1.29, 1.82) is 0 Å². The van der Waals surface area contributed by atoms with Crippen molar-refractivity contribution in [2.45, 2.75) is 20.4 Å². The zero-order chi connectivity index (χ0) is 20.8. The average Bonchev–Trinajstić information content (AvgIpc) is 3.19. The molecule has 0 fully saturated rings. The van der Waals surface area contributed by atoms with E-state index in [1.807, 2.05) is 60.9 Å². The smallest absolute Gasteiger partial charge is 0.246 e. The number of hydrogen-bond acceptors (Lipinski definition) is 4. The lowest BCUT2D eigenvalue weighted by Gasteiger charge is -2.14. The molecule has 30 heavy (non-hydrogen) atoms. The number of hydrogen-bond donors (Lipinski definition) is 1. The van der Waals surface area contributed by atoms with E-state index in [-0.39, 0.29) is 17.9 Å². The number of nitrogens with one attached hydrogen (secondary N) is 1. The SMILES string of the molecule is Cc1ccc(C)c2sc(NC(=O)Cn3c4ccccc4c(=O)c4ccccc43)nc12. The van der Waals surface area contributed by atoms with Crippen LogP contribution in [0.1, 0.15) is 11.1 Å². The first-order chi connectivity index (χ1) is 14.5. The van der Waals surface area contributed by atoms with Crippen LogP contribution in [0.15, 0.2) is 65.5 Å². The summed E-state index contributed by atoms with van der Waals surface area (Å²) in [6, 6.07) is 18.9. The van der Waals surface area contributed by atoms with Crippen LogP contribution >= 0.6 is 11.3 Å². The standard InChI is InChI=1S/C24H19N3O2S/c1-14-11-12-15(2)23-21(14)26-24(30-23)25-20(28)13-27-18-9-5-3-7-16(18)22(29)17-8-4-6-10-19(17)27/h3-12H,13H2,1-2H3,(H,25,26,28). The zero-order valence-electron chi connectivity index (χ0n) is 16.6. The van der Waals surface area contributed by atoms with E-state index >= 15 is 0 Å². The van der Waals surface area contributed by atoms with E-state index in [2.05, 4.69) is 16.4 Å². The fourth-order valence-corrected chi connectivity index (χ4v) is 4.89. The van der Waals surface area contributed by atoms with Crippen LogP contribution in [0.25, 0.3) is 32.0 Å². The molecule has 0 aliphatic rings. The number of benzene rings is 3. The molecule has 5 nitrogen and oxygen atoms in total. The minimum Gasteiger partial charge on any atom is -0.331 e. The van der Waals surface area contributed by atoms with E-state index in [0.717, 1.165) is 32.4 Å². The fourth-order valence-electron chi connectivity index (χ4n) is 3.86. The number of carbonyl (C=O) groups excluding carboxylic acids is 1.